The highest BCUT2D eigenvalue weighted by Crippen LogP contribution is 2.35. The lowest BCUT2D eigenvalue weighted by atomic mass is 9.74. The molecular formula is C30H36N2O3. The molecule has 3 aromatic rings. The van der Waals surface area contributed by atoms with Gasteiger partial charge in [0.1, 0.15) is 12.4 Å². The van der Waals surface area contributed by atoms with Crippen LogP contribution in [-0.4, -0.2) is 29.0 Å². The number of Topliss-reactive ketones (excluding diaryl/α,β-unsaturated/α-hetero) is 1. The highest BCUT2D eigenvalue weighted by molar-refractivity contribution is 5.96. The van der Waals surface area contributed by atoms with Crippen molar-refractivity contribution in [2.45, 2.75) is 64.6 Å². The zero-order valence-electron chi connectivity index (χ0n) is 21.4. The van der Waals surface area contributed by atoms with E-state index in [9.17, 15) is 4.79 Å². The Morgan fingerprint density at radius 1 is 1.00 bits per heavy atom. The Morgan fingerprint density at radius 3 is 2.40 bits per heavy atom. The maximum atomic E-state index is 13.0. The van der Waals surface area contributed by atoms with E-state index >= 15 is 0 Å². The smallest absolute Gasteiger partial charge is 0.221 e. The number of nitrogens with zero attached hydrogens (tertiary/aromatic N) is 1. The van der Waals surface area contributed by atoms with Crippen LogP contribution in [0.25, 0.3) is 11.1 Å². The fraction of sp³-hybridized carbons (Fsp3) is 0.400. The van der Waals surface area contributed by atoms with Gasteiger partial charge >= 0.3 is 0 Å². The summed E-state index contributed by atoms with van der Waals surface area (Å²) < 4.78 is 11.4. The van der Waals surface area contributed by atoms with Crippen molar-refractivity contribution in [3.05, 3.63) is 78.0 Å². The summed E-state index contributed by atoms with van der Waals surface area (Å²) in [6.07, 6.45) is 4.33. The molecular weight excluding hydrogens is 436 g/mol. The molecule has 4 rings (SSSR count). The van der Waals surface area contributed by atoms with Gasteiger partial charge in [0.15, 0.2) is 5.78 Å². The number of hydrogen-bond acceptors (Lipinski definition) is 5. The minimum atomic E-state index is 0.0490. The zero-order valence-corrected chi connectivity index (χ0v) is 21.4. The molecule has 1 aliphatic rings. The van der Waals surface area contributed by atoms with Crippen LogP contribution in [0.2, 0.25) is 0 Å². The van der Waals surface area contributed by atoms with E-state index < -0.39 is 0 Å². The molecule has 2 heterocycles. The van der Waals surface area contributed by atoms with Gasteiger partial charge in [-0.1, -0.05) is 36.4 Å². The van der Waals surface area contributed by atoms with Crippen LogP contribution in [0.5, 0.6) is 11.6 Å². The van der Waals surface area contributed by atoms with Crippen LogP contribution in [0.1, 0.15) is 62.9 Å². The first-order valence-electron chi connectivity index (χ1n) is 12.3. The standard InChI is InChI=1S/C30H36N2O3/c1-29(2)18-22(19-30(3,4)32-29)16-27(33)23-13-11-21(12-14-23)20-35-25-9-6-8-24(17-25)26-10-7-15-31-28(26)34-5/h6-15,17,22,32H,16,18-20H2,1-5H3. The van der Waals surface area contributed by atoms with Crippen molar-refractivity contribution in [1.29, 1.82) is 0 Å². The quantitative estimate of drug-likeness (QED) is 0.381. The topological polar surface area (TPSA) is 60.5 Å². The highest BCUT2D eigenvalue weighted by Gasteiger charge is 2.38. The Kier molecular flexibility index (Phi) is 7.27. The van der Waals surface area contributed by atoms with Crippen molar-refractivity contribution < 1.29 is 14.3 Å². The molecule has 0 spiro atoms. The van der Waals surface area contributed by atoms with Crippen molar-refractivity contribution in [3.8, 4) is 22.8 Å². The van der Waals surface area contributed by atoms with Gasteiger partial charge in [-0.15, -0.1) is 0 Å². The van der Waals surface area contributed by atoms with E-state index in [0.29, 0.717) is 24.8 Å². The van der Waals surface area contributed by atoms with Crippen LogP contribution in [0.4, 0.5) is 0 Å². The SMILES string of the molecule is COc1ncccc1-c1cccc(OCc2ccc(C(=O)CC3CC(C)(C)NC(C)(C)C3)cc2)c1. The van der Waals surface area contributed by atoms with Crippen molar-refractivity contribution >= 4 is 5.78 Å². The highest BCUT2D eigenvalue weighted by atomic mass is 16.5. The van der Waals surface area contributed by atoms with E-state index in [-0.39, 0.29) is 16.9 Å². The number of piperidine rings is 1. The average Bonchev–Trinajstić information content (AvgIpc) is 2.81. The van der Waals surface area contributed by atoms with Crippen LogP contribution < -0.4 is 14.8 Å². The van der Waals surface area contributed by atoms with E-state index in [1.807, 2.05) is 60.7 Å². The van der Waals surface area contributed by atoms with Crippen molar-refractivity contribution in [3.63, 3.8) is 0 Å². The lowest BCUT2D eigenvalue weighted by molar-refractivity contribution is 0.0864. The van der Waals surface area contributed by atoms with Gasteiger partial charge in [0.25, 0.3) is 0 Å². The number of ketones is 1. The molecule has 1 aliphatic heterocycles. The molecule has 0 bridgehead atoms. The zero-order chi connectivity index (χ0) is 25.1. The summed E-state index contributed by atoms with van der Waals surface area (Å²) in [5.74, 6) is 1.96. The minimum absolute atomic E-state index is 0.0490. The molecule has 5 nitrogen and oxygen atoms in total. The van der Waals surface area contributed by atoms with Gasteiger partial charge in [0.05, 0.1) is 7.11 Å². The van der Waals surface area contributed by atoms with E-state index in [4.69, 9.17) is 9.47 Å². The summed E-state index contributed by atoms with van der Waals surface area (Å²) >= 11 is 0. The summed E-state index contributed by atoms with van der Waals surface area (Å²) in [6.45, 7) is 9.33. The van der Waals surface area contributed by atoms with Crippen molar-refractivity contribution in [1.82, 2.24) is 10.3 Å². The third-order valence-corrected chi connectivity index (χ3v) is 6.54. The number of pyridine rings is 1. The van der Waals surface area contributed by atoms with E-state index in [0.717, 1.165) is 40.8 Å². The molecule has 0 amide bonds. The molecule has 35 heavy (non-hydrogen) atoms. The Balaban J connectivity index is 1.36. The Bertz CT molecular complexity index is 1150. The Hall–Kier alpha value is -3.18. The molecule has 184 valence electrons. The van der Waals surface area contributed by atoms with Gasteiger partial charge in [-0.25, -0.2) is 4.98 Å². The van der Waals surface area contributed by atoms with Gasteiger partial charge in [0, 0.05) is 34.8 Å². The second-order valence-electron chi connectivity index (χ2n) is 10.9. The lowest BCUT2D eigenvalue weighted by Gasteiger charge is -2.46. The number of rotatable bonds is 8. The lowest BCUT2D eigenvalue weighted by Crippen LogP contribution is -2.57. The van der Waals surface area contributed by atoms with Gasteiger partial charge in [-0.3, -0.25) is 4.79 Å². The number of benzene rings is 2. The molecule has 1 fully saturated rings. The van der Waals surface area contributed by atoms with Gasteiger partial charge < -0.3 is 14.8 Å². The first kappa shape index (κ1) is 24.9. The molecule has 1 N–H and O–H groups in total. The molecule has 0 radical (unpaired) electrons. The molecule has 0 saturated carbocycles. The van der Waals surface area contributed by atoms with Crippen molar-refractivity contribution in [2.24, 2.45) is 5.92 Å². The normalized spacial score (nSPS) is 17.1. The van der Waals surface area contributed by atoms with Gasteiger partial charge in [-0.2, -0.15) is 0 Å². The van der Waals surface area contributed by atoms with Crippen LogP contribution in [0, 0.1) is 5.92 Å². The first-order chi connectivity index (χ1) is 16.6. The summed E-state index contributed by atoms with van der Waals surface area (Å²) in [6, 6.07) is 19.6. The summed E-state index contributed by atoms with van der Waals surface area (Å²) in [4.78, 5) is 17.3. The molecule has 5 heteroatoms. The minimum Gasteiger partial charge on any atom is -0.489 e. The number of methoxy groups -OCH3 is 1. The number of carbonyl (C=O) groups is 1. The van der Waals surface area contributed by atoms with E-state index in [2.05, 4.69) is 38.0 Å². The second-order valence-corrected chi connectivity index (χ2v) is 10.9. The number of carbonyl (C=O) groups excluding carboxylic acids is 1. The van der Waals surface area contributed by atoms with Crippen LogP contribution in [-0.2, 0) is 6.61 Å². The molecule has 0 unspecified atom stereocenters. The third-order valence-electron chi connectivity index (χ3n) is 6.54. The summed E-state index contributed by atoms with van der Waals surface area (Å²) in [7, 11) is 1.62. The third kappa shape index (κ3) is 6.49. The van der Waals surface area contributed by atoms with Gasteiger partial charge in [0.2, 0.25) is 5.88 Å². The molecule has 0 atom stereocenters. The summed E-state index contributed by atoms with van der Waals surface area (Å²) in [5.41, 5.74) is 3.80. The monoisotopic (exact) mass is 472 g/mol. The predicted molar refractivity (Wildman–Crippen MR) is 140 cm³/mol. The first-order valence-corrected chi connectivity index (χ1v) is 12.3. The molecule has 0 aliphatic carbocycles. The molecule has 2 aromatic carbocycles. The second kappa shape index (κ2) is 10.2. The van der Waals surface area contributed by atoms with Crippen molar-refractivity contribution in [2.75, 3.05) is 7.11 Å². The van der Waals surface area contributed by atoms with Crippen LogP contribution >= 0.6 is 0 Å². The number of ether oxygens (including phenoxy) is 2. The largest absolute Gasteiger partial charge is 0.489 e. The average molecular weight is 473 g/mol. The fourth-order valence-electron chi connectivity index (χ4n) is 5.54. The molecule has 1 saturated heterocycles. The van der Waals surface area contributed by atoms with Crippen LogP contribution in [0.3, 0.4) is 0 Å². The Morgan fingerprint density at radius 2 is 1.71 bits per heavy atom. The predicted octanol–water partition coefficient (Wildman–Crippen LogP) is 6.47. The maximum Gasteiger partial charge on any atom is 0.221 e. The Labute approximate surface area is 208 Å². The number of hydrogen-bond donors (Lipinski definition) is 1. The number of nitrogens with one attached hydrogen (secondary N) is 1. The maximum absolute atomic E-state index is 13.0. The van der Waals surface area contributed by atoms with Gasteiger partial charge in [-0.05, 0) is 81.8 Å². The fourth-order valence-corrected chi connectivity index (χ4v) is 5.54. The molecule has 1 aromatic heterocycles. The number of aromatic nitrogens is 1. The summed E-state index contributed by atoms with van der Waals surface area (Å²) in [5, 5.41) is 3.69. The van der Waals surface area contributed by atoms with E-state index in [1.54, 1.807) is 13.3 Å². The van der Waals surface area contributed by atoms with E-state index in [1.165, 1.54) is 0 Å². The van der Waals surface area contributed by atoms with Crippen LogP contribution in [0.15, 0.2) is 66.9 Å².